The summed E-state index contributed by atoms with van der Waals surface area (Å²) in [6, 6.07) is 3.16. The summed E-state index contributed by atoms with van der Waals surface area (Å²) in [5.41, 5.74) is -1.22. The van der Waals surface area contributed by atoms with Crippen molar-refractivity contribution in [1.82, 2.24) is 0 Å². The SMILES string of the molecule is O=C(O)c1ccc(N2CC3CCC(C2)O3)c(C(F)(F)F)c1. The average Bonchev–Trinajstić information content (AvgIpc) is 2.75. The number of alkyl halides is 3. The van der Waals surface area contributed by atoms with Crippen LogP contribution in [0.2, 0.25) is 0 Å². The first-order valence-corrected chi connectivity index (χ1v) is 6.69. The highest BCUT2D eigenvalue weighted by Gasteiger charge is 2.39. The predicted octanol–water partition coefficient (Wildman–Crippen LogP) is 2.77. The molecule has 2 saturated heterocycles. The van der Waals surface area contributed by atoms with Crippen molar-refractivity contribution in [1.29, 1.82) is 0 Å². The molecule has 2 atom stereocenters. The number of carbonyl (C=O) groups is 1. The molecule has 2 bridgehead atoms. The van der Waals surface area contributed by atoms with Gasteiger partial charge < -0.3 is 14.7 Å². The van der Waals surface area contributed by atoms with Crippen molar-refractivity contribution in [3.05, 3.63) is 29.3 Å². The van der Waals surface area contributed by atoms with E-state index in [1.165, 1.54) is 12.1 Å². The molecule has 0 radical (unpaired) electrons. The molecule has 0 saturated carbocycles. The number of carboxylic acid groups (broad SMARTS) is 1. The summed E-state index contributed by atoms with van der Waals surface area (Å²) in [5, 5.41) is 8.87. The number of benzene rings is 1. The number of aromatic carboxylic acids is 1. The van der Waals surface area contributed by atoms with Gasteiger partial charge in [-0.3, -0.25) is 0 Å². The Balaban J connectivity index is 1.99. The standard InChI is InChI=1S/C14H14F3NO3/c15-14(16,17)11-5-8(13(19)20)1-4-12(11)18-6-9-2-3-10(7-18)21-9/h1,4-5,9-10H,2-3,6-7H2,(H,19,20). The number of hydrogen-bond acceptors (Lipinski definition) is 3. The Morgan fingerprint density at radius 3 is 2.38 bits per heavy atom. The van der Waals surface area contributed by atoms with Gasteiger partial charge in [0.15, 0.2) is 0 Å². The number of carboxylic acids is 1. The third-order valence-corrected chi connectivity index (χ3v) is 3.93. The maximum absolute atomic E-state index is 13.2. The van der Waals surface area contributed by atoms with Crippen LogP contribution in [-0.4, -0.2) is 36.4 Å². The maximum atomic E-state index is 13.2. The van der Waals surface area contributed by atoms with E-state index in [1.807, 2.05) is 0 Å². The molecule has 21 heavy (non-hydrogen) atoms. The van der Waals surface area contributed by atoms with Crippen molar-refractivity contribution in [3.63, 3.8) is 0 Å². The fourth-order valence-electron chi connectivity index (χ4n) is 2.98. The number of morpholine rings is 1. The van der Waals surface area contributed by atoms with Crippen molar-refractivity contribution in [2.24, 2.45) is 0 Å². The van der Waals surface area contributed by atoms with Crippen LogP contribution >= 0.6 is 0 Å². The van der Waals surface area contributed by atoms with E-state index >= 15 is 0 Å². The Kier molecular flexibility index (Phi) is 3.32. The lowest BCUT2D eigenvalue weighted by molar-refractivity contribution is -0.137. The van der Waals surface area contributed by atoms with Crippen LogP contribution in [0.1, 0.15) is 28.8 Å². The van der Waals surface area contributed by atoms with Crippen molar-refractivity contribution < 1.29 is 27.8 Å². The van der Waals surface area contributed by atoms with Gasteiger partial charge >= 0.3 is 12.1 Å². The molecule has 0 amide bonds. The third kappa shape index (κ3) is 2.70. The van der Waals surface area contributed by atoms with E-state index in [1.54, 1.807) is 4.90 Å². The van der Waals surface area contributed by atoms with Gasteiger partial charge in [0, 0.05) is 18.8 Å². The highest BCUT2D eigenvalue weighted by Crippen LogP contribution is 2.39. The smallest absolute Gasteiger partial charge is 0.418 e. The molecule has 0 aliphatic carbocycles. The minimum atomic E-state index is -4.59. The molecular formula is C14H14F3NO3. The van der Waals surface area contributed by atoms with E-state index in [0.29, 0.717) is 19.2 Å². The molecule has 4 nitrogen and oxygen atoms in total. The molecule has 114 valence electrons. The molecule has 2 fully saturated rings. The van der Waals surface area contributed by atoms with E-state index in [2.05, 4.69) is 0 Å². The largest absolute Gasteiger partial charge is 0.478 e. The minimum absolute atomic E-state index is 0.0349. The second-order valence-electron chi connectivity index (χ2n) is 5.40. The van der Waals surface area contributed by atoms with Crippen molar-refractivity contribution in [3.8, 4) is 0 Å². The monoisotopic (exact) mass is 301 g/mol. The molecule has 1 N–H and O–H groups in total. The van der Waals surface area contributed by atoms with Crippen LogP contribution in [0.3, 0.4) is 0 Å². The number of anilines is 1. The fourth-order valence-corrected chi connectivity index (χ4v) is 2.98. The van der Waals surface area contributed by atoms with Gasteiger partial charge in [0.25, 0.3) is 0 Å². The third-order valence-electron chi connectivity index (χ3n) is 3.93. The van der Waals surface area contributed by atoms with Crippen LogP contribution in [0, 0.1) is 0 Å². The highest BCUT2D eigenvalue weighted by atomic mass is 19.4. The van der Waals surface area contributed by atoms with Gasteiger partial charge in [0.05, 0.1) is 23.3 Å². The summed E-state index contributed by atoms with van der Waals surface area (Å²) in [5.74, 6) is -1.37. The molecule has 0 aromatic heterocycles. The molecular weight excluding hydrogens is 287 g/mol. The quantitative estimate of drug-likeness (QED) is 0.912. The Labute approximate surface area is 119 Å². The number of rotatable bonds is 2. The number of fused-ring (bicyclic) bond motifs is 2. The summed E-state index contributed by atoms with van der Waals surface area (Å²) >= 11 is 0. The summed E-state index contributed by atoms with van der Waals surface area (Å²) in [4.78, 5) is 12.5. The molecule has 2 aliphatic rings. The first-order valence-electron chi connectivity index (χ1n) is 6.69. The molecule has 1 aromatic rings. The van der Waals surface area contributed by atoms with Crippen LogP contribution in [-0.2, 0) is 10.9 Å². The van der Waals surface area contributed by atoms with Crippen LogP contribution in [0.25, 0.3) is 0 Å². The van der Waals surface area contributed by atoms with Gasteiger partial charge in [-0.25, -0.2) is 4.79 Å². The lowest BCUT2D eigenvalue weighted by atomic mass is 10.1. The van der Waals surface area contributed by atoms with Gasteiger partial charge in [-0.2, -0.15) is 13.2 Å². The second kappa shape index (κ2) is 4.91. The Morgan fingerprint density at radius 1 is 1.24 bits per heavy atom. The average molecular weight is 301 g/mol. The van der Waals surface area contributed by atoms with Gasteiger partial charge in [0.2, 0.25) is 0 Å². The Hall–Kier alpha value is -1.76. The van der Waals surface area contributed by atoms with E-state index in [0.717, 1.165) is 12.8 Å². The zero-order valence-corrected chi connectivity index (χ0v) is 11.1. The second-order valence-corrected chi connectivity index (χ2v) is 5.40. The zero-order chi connectivity index (χ0) is 15.2. The van der Waals surface area contributed by atoms with Gasteiger partial charge in [-0.1, -0.05) is 0 Å². The molecule has 0 spiro atoms. The minimum Gasteiger partial charge on any atom is -0.478 e. The molecule has 3 rings (SSSR count). The number of nitrogens with zero attached hydrogens (tertiary/aromatic N) is 1. The molecule has 1 aromatic carbocycles. The van der Waals surface area contributed by atoms with Gasteiger partial charge in [0.1, 0.15) is 0 Å². The van der Waals surface area contributed by atoms with E-state index in [4.69, 9.17) is 9.84 Å². The van der Waals surface area contributed by atoms with Crippen molar-refractivity contribution in [2.45, 2.75) is 31.2 Å². The van der Waals surface area contributed by atoms with E-state index in [-0.39, 0.29) is 23.5 Å². The lowest BCUT2D eigenvalue weighted by Crippen LogP contribution is -2.43. The normalized spacial score (nSPS) is 25.2. The summed E-state index contributed by atoms with van der Waals surface area (Å²) in [7, 11) is 0. The van der Waals surface area contributed by atoms with Gasteiger partial charge in [-0.05, 0) is 31.0 Å². The molecule has 2 aliphatic heterocycles. The van der Waals surface area contributed by atoms with Crippen molar-refractivity contribution >= 4 is 11.7 Å². The van der Waals surface area contributed by atoms with E-state index in [9.17, 15) is 18.0 Å². The fraction of sp³-hybridized carbons (Fsp3) is 0.500. The predicted molar refractivity (Wildman–Crippen MR) is 68.5 cm³/mol. The van der Waals surface area contributed by atoms with Crippen molar-refractivity contribution in [2.75, 3.05) is 18.0 Å². The number of hydrogen-bond donors (Lipinski definition) is 1. The Morgan fingerprint density at radius 2 is 1.86 bits per heavy atom. The summed E-state index contributed by atoms with van der Waals surface area (Å²) in [6.07, 6.45) is -2.95. The maximum Gasteiger partial charge on any atom is 0.418 e. The lowest BCUT2D eigenvalue weighted by Gasteiger charge is -2.35. The van der Waals surface area contributed by atoms with Gasteiger partial charge in [-0.15, -0.1) is 0 Å². The molecule has 2 heterocycles. The highest BCUT2D eigenvalue weighted by molar-refractivity contribution is 5.88. The number of ether oxygens (including phenoxy) is 1. The van der Waals surface area contributed by atoms with Crippen LogP contribution < -0.4 is 4.90 Å². The van der Waals surface area contributed by atoms with Crippen LogP contribution in [0.4, 0.5) is 18.9 Å². The Bertz CT molecular complexity index is 561. The number of halogens is 3. The van der Waals surface area contributed by atoms with Crippen LogP contribution in [0.15, 0.2) is 18.2 Å². The summed E-state index contributed by atoms with van der Waals surface area (Å²) in [6.45, 7) is 0.817. The molecule has 7 heteroatoms. The zero-order valence-electron chi connectivity index (χ0n) is 11.1. The summed E-state index contributed by atoms with van der Waals surface area (Å²) < 4.78 is 45.2. The molecule has 2 unspecified atom stereocenters. The topological polar surface area (TPSA) is 49.8 Å². The first-order chi connectivity index (χ1) is 9.84. The van der Waals surface area contributed by atoms with Crippen LogP contribution in [0.5, 0.6) is 0 Å². The van der Waals surface area contributed by atoms with E-state index < -0.39 is 17.7 Å². The first kappa shape index (κ1) is 14.2.